The van der Waals surface area contributed by atoms with Crippen LogP contribution in [0.3, 0.4) is 0 Å². The number of fused-ring (bicyclic) bond motifs is 2. The first-order valence-corrected chi connectivity index (χ1v) is 8.37. The molecule has 132 valence electrons. The average Bonchev–Trinajstić information content (AvgIpc) is 2.99. The number of primary amides is 1. The number of carbonyl (C=O) groups excluding carboxylic acids is 3. The van der Waals surface area contributed by atoms with Gasteiger partial charge < -0.3 is 21.1 Å². The summed E-state index contributed by atoms with van der Waals surface area (Å²) in [4.78, 5) is 37.0. The summed E-state index contributed by atoms with van der Waals surface area (Å²) >= 11 is 0. The van der Waals surface area contributed by atoms with Gasteiger partial charge in [-0.25, -0.2) is 4.79 Å². The van der Waals surface area contributed by atoms with Gasteiger partial charge in [-0.15, -0.1) is 0 Å². The van der Waals surface area contributed by atoms with E-state index in [4.69, 9.17) is 10.5 Å². The molecule has 0 radical (unpaired) electrons. The summed E-state index contributed by atoms with van der Waals surface area (Å²) < 4.78 is 5.16. The highest BCUT2D eigenvalue weighted by Crippen LogP contribution is 2.42. The molecular weight excluding hydrogens is 324 g/mol. The summed E-state index contributed by atoms with van der Waals surface area (Å²) in [6, 6.07) is 5.26. The molecule has 4 rings (SSSR count). The van der Waals surface area contributed by atoms with E-state index in [0.29, 0.717) is 18.8 Å². The van der Waals surface area contributed by atoms with Crippen molar-refractivity contribution < 1.29 is 19.1 Å². The highest BCUT2D eigenvalue weighted by molar-refractivity contribution is 6.09. The molecule has 1 spiro atoms. The molecule has 0 bridgehead atoms. The maximum absolute atomic E-state index is 12.8. The molecule has 2 aliphatic heterocycles. The average molecular weight is 344 g/mol. The van der Waals surface area contributed by atoms with Gasteiger partial charge in [0.25, 0.3) is 5.91 Å². The maximum atomic E-state index is 12.8. The Hall–Kier alpha value is -2.61. The van der Waals surface area contributed by atoms with Crippen molar-refractivity contribution in [1.29, 1.82) is 0 Å². The molecule has 0 saturated carbocycles. The fourth-order valence-corrected chi connectivity index (χ4v) is 3.73. The first-order chi connectivity index (χ1) is 12.0. The number of anilines is 1. The van der Waals surface area contributed by atoms with Gasteiger partial charge in [0.15, 0.2) is 0 Å². The van der Waals surface area contributed by atoms with E-state index in [2.05, 4.69) is 10.6 Å². The predicted molar refractivity (Wildman–Crippen MR) is 88.7 cm³/mol. The third-order valence-electron chi connectivity index (χ3n) is 5.13. The summed E-state index contributed by atoms with van der Waals surface area (Å²) in [7, 11) is 0. The molecule has 2 heterocycles. The molecule has 1 aromatic carbocycles. The molecule has 4 N–H and O–H groups in total. The second kappa shape index (κ2) is 5.73. The zero-order valence-electron chi connectivity index (χ0n) is 13.7. The van der Waals surface area contributed by atoms with Crippen molar-refractivity contribution in [2.45, 2.75) is 18.4 Å². The topological polar surface area (TPSA) is 114 Å². The van der Waals surface area contributed by atoms with Gasteiger partial charge in [0, 0.05) is 18.2 Å². The zero-order chi connectivity index (χ0) is 17.6. The molecule has 0 aromatic heterocycles. The summed E-state index contributed by atoms with van der Waals surface area (Å²) in [5, 5.41) is 6.16. The van der Waals surface area contributed by atoms with Crippen LogP contribution < -0.4 is 16.4 Å². The Kier molecular flexibility index (Phi) is 3.64. The number of benzene rings is 1. The van der Waals surface area contributed by atoms with Crippen molar-refractivity contribution in [3.05, 3.63) is 29.3 Å². The van der Waals surface area contributed by atoms with Gasteiger partial charge in [0.2, 0.25) is 5.91 Å². The SMILES string of the molecule is NC(=O)CN1C(=O)NC2(CCc3cc(NCC4COC4)ccc32)C1=O. The third kappa shape index (κ3) is 2.53. The van der Waals surface area contributed by atoms with E-state index in [1.165, 1.54) is 0 Å². The molecule has 2 saturated heterocycles. The Morgan fingerprint density at radius 1 is 1.40 bits per heavy atom. The van der Waals surface area contributed by atoms with Crippen molar-refractivity contribution in [3.63, 3.8) is 0 Å². The molecule has 1 atom stereocenters. The van der Waals surface area contributed by atoms with Crippen LogP contribution in [0.5, 0.6) is 0 Å². The van der Waals surface area contributed by atoms with Crippen LogP contribution in [0.25, 0.3) is 0 Å². The lowest BCUT2D eigenvalue weighted by molar-refractivity contribution is -0.134. The van der Waals surface area contributed by atoms with E-state index in [0.717, 1.165) is 41.5 Å². The lowest BCUT2D eigenvalue weighted by Gasteiger charge is -2.26. The van der Waals surface area contributed by atoms with E-state index >= 15 is 0 Å². The number of hydrogen-bond donors (Lipinski definition) is 3. The zero-order valence-corrected chi connectivity index (χ0v) is 13.7. The van der Waals surface area contributed by atoms with E-state index < -0.39 is 29.9 Å². The van der Waals surface area contributed by atoms with Gasteiger partial charge in [-0.2, -0.15) is 0 Å². The summed E-state index contributed by atoms with van der Waals surface area (Å²) in [6.07, 6.45) is 1.18. The maximum Gasteiger partial charge on any atom is 0.325 e. The van der Waals surface area contributed by atoms with Gasteiger partial charge in [-0.3, -0.25) is 14.5 Å². The Morgan fingerprint density at radius 2 is 2.20 bits per heavy atom. The molecular formula is C17H20N4O4. The number of carbonyl (C=O) groups is 3. The van der Waals surface area contributed by atoms with Crippen molar-refractivity contribution in [2.75, 3.05) is 31.6 Å². The number of ether oxygens (including phenoxy) is 1. The molecule has 1 aromatic rings. The van der Waals surface area contributed by atoms with E-state index in [-0.39, 0.29) is 0 Å². The lowest BCUT2D eigenvalue weighted by atomic mass is 9.91. The summed E-state index contributed by atoms with van der Waals surface area (Å²) in [5.74, 6) is -0.571. The van der Waals surface area contributed by atoms with Crippen LogP contribution in [0.2, 0.25) is 0 Å². The fraction of sp³-hybridized carbons (Fsp3) is 0.471. The van der Waals surface area contributed by atoms with Crippen LogP contribution in [0.1, 0.15) is 17.5 Å². The molecule has 2 fully saturated rings. The van der Waals surface area contributed by atoms with Crippen molar-refractivity contribution in [3.8, 4) is 0 Å². The molecule has 1 unspecified atom stereocenters. The number of urea groups is 1. The molecule has 8 heteroatoms. The van der Waals surface area contributed by atoms with Crippen LogP contribution >= 0.6 is 0 Å². The third-order valence-corrected chi connectivity index (χ3v) is 5.13. The monoisotopic (exact) mass is 344 g/mol. The van der Waals surface area contributed by atoms with E-state index in [9.17, 15) is 14.4 Å². The van der Waals surface area contributed by atoms with Gasteiger partial charge in [-0.05, 0) is 36.1 Å². The highest BCUT2D eigenvalue weighted by atomic mass is 16.5. The number of rotatable bonds is 5. The minimum Gasteiger partial charge on any atom is -0.385 e. The number of nitrogens with one attached hydrogen (secondary N) is 2. The van der Waals surface area contributed by atoms with E-state index in [1.54, 1.807) is 0 Å². The van der Waals surface area contributed by atoms with Crippen LogP contribution in [-0.4, -0.2) is 49.0 Å². The largest absolute Gasteiger partial charge is 0.385 e. The molecule has 3 aliphatic rings. The van der Waals surface area contributed by atoms with Gasteiger partial charge in [0.1, 0.15) is 12.1 Å². The lowest BCUT2D eigenvalue weighted by Crippen LogP contribution is -2.43. The second-order valence-corrected chi connectivity index (χ2v) is 6.85. The van der Waals surface area contributed by atoms with Crippen molar-refractivity contribution in [1.82, 2.24) is 10.2 Å². The number of hydrogen-bond acceptors (Lipinski definition) is 5. The van der Waals surface area contributed by atoms with Crippen molar-refractivity contribution in [2.24, 2.45) is 11.7 Å². The van der Waals surface area contributed by atoms with Gasteiger partial charge in [0.05, 0.1) is 13.2 Å². The minimum atomic E-state index is -1.07. The number of nitrogens with zero attached hydrogens (tertiary/aromatic N) is 1. The highest BCUT2D eigenvalue weighted by Gasteiger charge is 2.55. The molecule has 25 heavy (non-hydrogen) atoms. The van der Waals surface area contributed by atoms with Gasteiger partial charge >= 0.3 is 6.03 Å². The number of nitrogens with two attached hydrogens (primary N) is 1. The number of aryl methyl sites for hydroxylation is 1. The molecule has 4 amide bonds. The standard InChI is InChI=1S/C17H20N4O4/c18-14(22)7-21-15(23)17(20-16(21)24)4-3-11-5-12(1-2-13(11)17)19-6-10-8-25-9-10/h1-2,5,10,19H,3-4,6-9H2,(H2,18,22)(H,20,24). The summed E-state index contributed by atoms with van der Waals surface area (Å²) in [6.45, 7) is 2.03. The second-order valence-electron chi connectivity index (χ2n) is 6.85. The molecule has 8 nitrogen and oxygen atoms in total. The molecule has 1 aliphatic carbocycles. The predicted octanol–water partition coefficient (Wildman–Crippen LogP) is -0.0765. The van der Waals surface area contributed by atoms with Crippen molar-refractivity contribution >= 4 is 23.5 Å². The minimum absolute atomic E-state index is 0.398. The first kappa shape index (κ1) is 15.9. The fourth-order valence-electron chi connectivity index (χ4n) is 3.73. The Balaban J connectivity index is 1.56. The van der Waals surface area contributed by atoms with Crippen LogP contribution in [-0.2, 0) is 26.3 Å². The summed E-state index contributed by atoms with van der Waals surface area (Å²) in [5.41, 5.74) is 6.90. The number of imide groups is 1. The number of amides is 4. The van der Waals surface area contributed by atoms with Crippen LogP contribution in [0, 0.1) is 5.92 Å². The Bertz CT molecular complexity index is 761. The van der Waals surface area contributed by atoms with Crippen LogP contribution in [0.4, 0.5) is 10.5 Å². The normalized spacial score (nSPS) is 25.0. The Labute approximate surface area is 144 Å². The quantitative estimate of drug-likeness (QED) is 0.647. The smallest absolute Gasteiger partial charge is 0.325 e. The Morgan fingerprint density at radius 3 is 2.88 bits per heavy atom. The van der Waals surface area contributed by atoms with Gasteiger partial charge in [-0.1, -0.05) is 6.07 Å². The van der Waals surface area contributed by atoms with E-state index in [1.807, 2.05) is 18.2 Å². The van der Waals surface area contributed by atoms with Crippen LogP contribution in [0.15, 0.2) is 18.2 Å². The first-order valence-electron chi connectivity index (χ1n) is 8.37.